The van der Waals surface area contributed by atoms with Gasteiger partial charge in [0.25, 0.3) is 5.91 Å². The van der Waals surface area contributed by atoms with E-state index in [1.54, 1.807) is 26.0 Å². The Morgan fingerprint density at radius 1 is 1.38 bits per heavy atom. The van der Waals surface area contributed by atoms with Crippen LogP contribution in [0.15, 0.2) is 22.5 Å². The molecule has 2 rings (SSSR count). The molecule has 0 bridgehead atoms. The topological polar surface area (TPSA) is 90.4 Å². The number of aromatic nitrogens is 2. The smallest absolute Gasteiger partial charge is 0.316 e. The third kappa shape index (κ3) is 6.15. The molecule has 0 fully saturated rings. The number of anilines is 1. The molecule has 0 aliphatic rings. The average molecular weight is 416 g/mol. The fourth-order valence-electron chi connectivity index (χ4n) is 1.79. The van der Waals surface area contributed by atoms with E-state index in [4.69, 9.17) is 21.1 Å². The molecule has 1 amide bonds. The van der Waals surface area contributed by atoms with E-state index in [-0.39, 0.29) is 17.6 Å². The Hall–Kier alpha value is -1.84. The number of carbonyl (C=O) groups is 2. The van der Waals surface area contributed by atoms with E-state index >= 15 is 0 Å². The molecule has 2 aromatic rings. The normalized spacial score (nSPS) is 11.7. The number of hydrogen-bond donors (Lipinski definition) is 1. The van der Waals surface area contributed by atoms with E-state index in [1.165, 1.54) is 23.1 Å². The number of nitrogens with zero attached hydrogens (tertiary/aromatic N) is 2. The van der Waals surface area contributed by atoms with Gasteiger partial charge < -0.3 is 9.47 Å². The van der Waals surface area contributed by atoms with Crippen LogP contribution >= 0.6 is 34.7 Å². The molecule has 140 valence electrons. The number of aryl methyl sites for hydroxylation is 1. The quantitative estimate of drug-likeness (QED) is 0.400. The van der Waals surface area contributed by atoms with Crippen molar-refractivity contribution in [2.45, 2.75) is 31.2 Å². The van der Waals surface area contributed by atoms with Crippen LogP contribution < -0.4 is 10.1 Å². The molecule has 7 nitrogen and oxygen atoms in total. The van der Waals surface area contributed by atoms with Crippen molar-refractivity contribution in [2.75, 3.05) is 17.7 Å². The van der Waals surface area contributed by atoms with Gasteiger partial charge in [0.15, 0.2) is 10.4 Å². The number of nitrogens with one attached hydrogen (secondary N) is 1. The van der Waals surface area contributed by atoms with Crippen molar-refractivity contribution in [3.63, 3.8) is 0 Å². The van der Waals surface area contributed by atoms with Crippen LogP contribution in [-0.2, 0) is 14.3 Å². The number of hydrogen-bond acceptors (Lipinski definition) is 8. The van der Waals surface area contributed by atoms with E-state index in [0.717, 1.165) is 5.56 Å². The molecule has 0 spiro atoms. The van der Waals surface area contributed by atoms with Crippen LogP contribution in [0.1, 0.15) is 19.4 Å². The summed E-state index contributed by atoms with van der Waals surface area (Å²) in [6.07, 6.45) is -0.770. The zero-order valence-corrected chi connectivity index (χ0v) is 16.8. The van der Waals surface area contributed by atoms with Gasteiger partial charge >= 0.3 is 5.97 Å². The van der Waals surface area contributed by atoms with Gasteiger partial charge in [0.2, 0.25) is 5.13 Å². The van der Waals surface area contributed by atoms with Gasteiger partial charge in [-0.05, 0) is 38.5 Å². The third-order valence-corrected chi connectivity index (χ3v) is 5.27. The second-order valence-electron chi connectivity index (χ2n) is 5.15. The Balaban J connectivity index is 1.89. The Bertz CT molecular complexity index is 785. The summed E-state index contributed by atoms with van der Waals surface area (Å²) in [7, 11) is 0. The van der Waals surface area contributed by atoms with Gasteiger partial charge in [0.05, 0.1) is 17.4 Å². The van der Waals surface area contributed by atoms with E-state index in [2.05, 4.69) is 15.5 Å². The Kier molecular flexibility index (Phi) is 7.67. The minimum Gasteiger partial charge on any atom is -0.479 e. The molecule has 0 saturated carbocycles. The monoisotopic (exact) mass is 415 g/mol. The lowest BCUT2D eigenvalue weighted by Gasteiger charge is -2.15. The van der Waals surface area contributed by atoms with Gasteiger partial charge in [-0.15, -0.1) is 10.2 Å². The van der Waals surface area contributed by atoms with Gasteiger partial charge in [-0.25, -0.2) is 0 Å². The van der Waals surface area contributed by atoms with Crippen molar-refractivity contribution >= 4 is 51.7 Å². The summed E-state index contributed by atoms with van der Waals surface area (Å²) in [6, 6.07) is 5.34. The predicted molar refractivity (Wildman–Crippen MR) is 102 cm³/mol. The Morgan fingerprint density at radius 3 is 2.88 bits per heavy atom. The molecule has 0 saturated heterocycles. The van der Waals surface area contributed by atoms with Crippen molar-refractivity contribution in [1.29, 1.82) is 0 Å². The predicted octanol–water partition coefficient (Wildman–Crippen LogP) is 3.56. The van der Waals surface area contributed by atoms with Crippen molar-refractivity contribution in [3.8, 4) is 5.75 Å². The maximum Gasteiger partial charge on any atom is 0.316 e. The fraction of sp³-hybridized carbons (Fsp3) is 0.375. The van der Waals surface area contributed by atoms with Gasteiger partial charge in [-0.1, -0.05) is 40.8 Å². The van der Waals surface area contributed by atoms with Crippen LogP contribution in [0.2, 0.25) is 5.02 Å². The molecule has 1 unspecified atom stereocenters. The molecule has 10 heteroatoms. The Labute approximate surface area is 164 Å². The summed E-state index contributed by atoms with van der Waals surface area (Å²) in [5.41, 5.74) is 0.976. The maximum atomic E-state index is 12.3. The highest BCUT2D eigenvalue weighted by Crippen LogP contribution is 2.28. The number of benzene rings is 1. The van der Waals surface area contributed by atoms with Crippen molar-refractivity contribution in [3.05, 3.63) is 28.8 Å². The molecule has 0 aliphatic carbocycles. The average Bonchev–Trinajstić information content (AvgIpc) is 3.04. The lowest BCUT2D eigenvalue weighted by atomic mass is 10.2. The van der Waals surface area contributed by atoms with Crippen LogP contribution in [0.3, 0.4) is 0 Å². The molecule has 1 aromatic carbocycles. The van der Waals surface area contributed by atoms with Crippen molar-refractivity contribution in [2.24, 2.45) is 0 Å². The first-order chi connectivity index (χ1) is 12.4. The summed E-state index contributed by atoms with van der Waals surface area (Å²) in [5, 5.41) is 11.2. The highest BCUT2D eigenvalue weighted by Gasteiger charge is 2.18. The summed E-state index contributed by atoms with van der Waals surface area (Å²) < 4.78 is 11.0. The zero-order chi connectivity index (χ0) is 19.1. The van der Waals surface area contributed by atoms with Gasteiger partial charge in [0.1, 0.15) is 5.75 Å². The highest BCUT2D eigenvalue weighted by molar-refractivity contribution is 8.01. The van der Waals surface area contributed by atoms with Crippen molar-refractivity contribution in [1.82, 2.24) is 10.2 Å². The molecule has 0 radical (unpaired) electrons. The standard InChI is InChI=1S/C16H18ClN3O4S2/c1-4-23-13(21)8-25-16-20-19-15(26-16)18-14(22)10(3)24-12-7-9(2)5-6-11(12)17/h5-7,10H,4,8H2,1-3H3,(H,18,19,22). The van der Waals surface area contributed by atoms with Crippen LogP contribution in [0.4, 0.5) is 5.13 Å². The van der Waals surface area contributed by atoms with Crippen molar-refractivity contribution < 1.29 is 19.1 Å². The summed E-state index contributed by atoms with van der Waals surface area (Å²) in [4.78, 5) is 23.6. The highest BCUT2D eigenvalue weighted by atomic mass is 35.5. The van der Waals surface area contributed by atoms with Crippen LogP contribution in [0, 0.1) is 6.92 Å². The molecule has 1 heterocycles. The second kappa shape index (κ2) is 9.75. The number of rotatable bonds is 8. The summed E-state index contributed by atoms with van der Waals surface area (Å²) >= 11 is 8.45. The first-order valence-corrected chi connectivity index (χ1v) is 9.92. The first kappa shape index (κ1) is 20.5. The number of amides is 1. The van der Waals surface area contributed by atoms with Crippen LogP contribution in [-0.4, -0.2) is 40.5 Å². The lowest BCUT2D eigenvalue weighted by Crippen LogP contribution is -2.30. The van der Waals surface area contributed by atoms with Gasteiger partial charge in [0, 0.05) is 0 Å². The summed E-state index contributed by atoms with van der Waals surface area (Å²) in [5.74, 6) is -0.116. The second-order valence-corrected chi connectivity index (χ2v) is 7.76. The third-order valence-electron chi connectivity index (χ3n) is 3.02. The van der Waals surface area contributed by atoms with E-state index in [1.807, 2.05) is 13.0 Å². The number of halogens is 1. The zero-order valence-electron chi connectivity index (χ0n) is 14.4. The number of carbonyl (C=O) groups excluding carboxylic acids is 2. The molecule has 1 N–H and O–H groups in total. The van der Waals surface area contributed by atoms with E-state index in [0.29, 0.717) is 26.9 Å². The van der Waals surface area contributed by atoms with E-state index in [9.17, 15) is 9.59 Å². The number of ether oxygens (including phenoxy) is 2. The van der Waals surface area contributed by atoms with E-state index < -0.39 is 6.10 Å². The molecule has 26 heavy (non-hydrogen) atoms. The molecular weight excluding hydrogens is 398 g/mol. The molecule has 1 atom stereocenters. The SMILES string of the molecule is CCOC(=O)CSc1nnc(NC(=O)C(C)Oc2cc(C)ccc2Cl)s1. The Morgan fingerprint density at radius 2 is 2.15 bits per heavy atom. The number of thioether (sulfide) groups is 1. The van der Waals surface area contributed by atoms with Gasteiger partial charge in [-0.2, -0.15) is 0 Å². The maximum absolute atomic E-state index is 12.3. The molecule has 0 aliphatic heterocycles. The lowest BCUT2D eigenvalue weighted by molar-refractivity contribution is -0.139. The molecular formula is C16H18ClN3O4S2. The largest absolute Gasteiger partial charge is 0.479 e. The first-order valence-electron chi connectivity index (χ1n) is 7.74. The van der Waals surface area contributed by atoms with Crippen LogP contribution in [0.25, 0.3) is 0 Å². The minimum atomic E-state index is -0.770. The summed E-state index contributed by atoms with van der Waals surface area (Å²) in [6.45, 7) is 5.60. The van der Waals surface area contributed by atoms with Crippen LogP contribution in [0.5, 0.6) is 5.75 Å². The minimum absolute atomic E-state index is 0.141. The number of esters is 1. The van der Waals surface area contributed by atoms with Gasteiger partial charge in [-0.3, -0.25) is 14.9 Å². The molecule has 1 aromatic heterocycles. The fourth-order valence-corrected chi connectivity index (χ4v) is 3.51.